The molecule has 0 bridgehead atoms. The molecule has 0 unspecified atom stereocenters. The maximum atomic E-state index is 11.6. The molecule has 0 aliphatic carbocycles. The van der Waals surface area contributed by atoms with E-state index >= 15 is 0 Å². The number of hydrogen-bond acceptors (Lipinski definition) is 3. The lowest BCUT2D eigenvalue weighted by atomic mass is 9.90. The lowest BCUT2D eigenvalue weighted by Crippen LogP contribution is -2.41. The zero-order valence-corrected chi connectivity index (χ0v) is 10.0. The zero-order chi connectivity index (χ0) is 11.5. The Morgan fingerprint density at radius 3 is 2.00 bits per heavy atom. The van der Waals surface area contributed by atoms with Crippen molar-refractivity contribution in [2.75, 3.05) is 13.6 Å². The average Bonchev–Trinajstić information content (AvgIpc) is 2.00. The molecule has 1 atom stereocenters. The van der Waals surface area contributed by atoms with Gasteiger partial charge in [-0.25, -0.2) is 0 Å². The Hall–Kier alpha value is -0.700. The second kappa shape index (κ2) is 4.69. The van der Waals surface area contributed by atoms with Crippen molar-refractivity contribution < 1.29 is 9.59 Å². The maximum Gasteiger partial charge on any atom is 0.152 e. The van der Waals surface area contributed by atoms with Crippen LogP contribution in [0, 0.1) is 5.41 Å². The normalized spacial score (nSPS) is 14.2. The second-order valence-electron chi connectivity index (χ2n) is 4.87. The number of nitrogens with zero attached hydrogens (tertiary/aromatic N) is 1. The molecule has 0 saturated carbocycles. The van der Waals surface area contributed by atoms with Crippen LogP contribution in [0.1, 0.15) is 34.6 Å². The van der Waals surface area contributed by atoms with Gasteiger partial charge in [-0.15, -0.1) is 0 Å². The van der Waals surface area contributed by atoms with Crippen molar-refractivity contribution in [1.29, 1.82) is 0 Å². The standard InChI is InChI=1S/C11H21NO2/c1-8(9(2)13)12(6)7-10(14)11(3,4)5/h8H,7H2,1-6H3/t8-/m0/s1. The molecule has 0 spiro atoms. The quantitative estimate of drug-likeness (QED) is 0.688. The molecule has 3 heteroatoms. The van der Waals surface area contributed by atoms with Gasteiger partial charge in [-0.3, -0.25) is 14.5 Å². The summed E-state index contributed by atoms with van der Waals surface area (Å²) in [7, 11) is 1.80. The lowest BCUT2D eigenvalue weighted by Gasteiger charge is -2.25. The molecular weight excluding hydrogens is 178 g/mol. The predicted molar refractivity (Wildman–Crippen MR) is 57.2 cm³/mol. The highest BCUT2D eigenvalue weighted by atomic mass is 16.1. The Morgan fingerprint density at radius 1 is 1.29 bits per heavy atom. The molecule has 0 aromatic rings. The van der Waals surface area contributed by atoms with E-state index in [-0.39, 0.29) is 23.0 Å². The largest absolute Gasteiger partial charge is 0.298 e. The van der Waals surface area contributed by atoms with Crippen LogP contribution in [0.15, 0.2) is 0 Å². The molecule has 82 valence electrons. The third-order valence-electron chi connectivity index (χ3n) is 2.48. The van der Waals surface area contributed by atoms with Gasteiger partial charge in [0, 0.05) is 5.41 Å². The summed E-state index contributed by atoms with van der Waals surface area (Å²) in [5, 5.41) is 0. The summed E-state index contributed by atoms with van der Waals surface area (Å²) in [6.07, 6.45) is 0. The van der Waals surface area contributed by atoms with Crippen molar-refractivity contribution in [3.63, 3.8) is 0 Å². The first-order valence-electron chi connectivity index (χ1n) is 4.90. The third-order valence-corrected chi connectivity index (χ3v) is 2.48. The summed E-state index contributed by atoms with van der Waals surface area (Å²) in [6.45, 7) is 9.37. The SMILES string of the molecule is CC(=O)[C@H](C)N(C)CC(=O)C(C)(C)C. The van der Waals surface area contributed by atoms with Crippen molar-refractivity contribution in [2.45, 2.75) is 40.7 Å². The minimum atomic E-state index is -0.329. The number of Topliss-reactive ketones (excluding diaryl/α,β-unsaturated/α-hetero) is 2. The molecule has 0 radical (unpaired) electrons. The number of likely N-dealkylation sites (N-methyl/N-ethyl adjacent to an activating group) is 1. The molecule has 14 heavy (non-hydrogen) atoms. The van der Waals surface area contributed by atoms with Crippen molar-refractivity contribution in [3.05, 3.63) is 0 Å². The van der Waals surface area contributed by atoms with Crippen molar-refractivity contribution in [2.24, 2.45) is 5.41 Å². The van der Waals surface area contributed by atoms with Crippen LogP contribution in [0.25, 0.3) is 0 Å². The minimum Gasteiger partial charge on any atom is -0.298 e. The Bertz CT molecular complexity index is 228. The van der Waals surface area contributed by atoms with E-state index in [2.05, 4.69) is 0 Å². The fourth-order valence-electron chi connectivity index (χ4n) is 0.911. The molecule has 0 aromatic heterocycles. The van der Waals surface area contributed by atoms with Gasteiger partial charge in [0.25, 0.3) is 0 Å². The Kier molecular flexibility index (Phi) is 4.46. The van der Waals surface area contributed by atoms with Crippen molar-refractivity contribution in [1.82, 2.24) is 4.90 Å². The molecule has 0 heterocycles. The highest BCUT2D eigenvalue weighted by Crippen LogP contribution is 2.15. The van der Waals surface area contributed by atoms with E-state index in [9.17, 15) is 9.59 Å². The Balaban J connectivity index is 4.27. The van der Waals surface area contributed by atoms with Crippen molar-refractivity contribution >= 4 is 11.6 Å². The first kappa shape index (κ1) is 13.3. The van der Waals surface area contributed by atoms with Gasteiger partial charge in [0.05, 0.1) is 12.6 Å². The van der Waals surface area contributed by atoms with E-state index in [4.69, 9.17) is 0 Å². The molecular formula is C11H21NO2. The summed E-state index contributed by atoms with van der Waals surface area (Å²) in [5.41, 5.74) is -0.329. The van der Waals surface area contributed by atoms with E-state index in [1.807, 2.05) is 27.7 Å². The highest BCUT2D eigenvalue weighted by Gasteiger charge is 2.24. The summed E-state index contributed by atoms with van der Waals surface area (Å²) in [4.78, 5) is 24.5. The van der Waals surface area contributed by atoms with Crippen LogP contribution in [0.2, 0.25) is 0 Å². The summed E-state index contributed by atoms with van der Waals surface area (Å²) >= 11 is 0. The molecule has 0 aliphatic heterocycles. The third kappa shape index (κ3) is 4.01. The van der Waals surface area contributed by atoms with Crippen molar-refractivity contribution in [3.8, 4) is 0 Å². The minimum absolute atomic E-state index is 0.0919. The van der Waals surface area contributed by atoms with Gasteiger partial charge >= 0.3 is 0 Å². The number of carbonyl (C=O) groups is 2. The molecule has 0 saturated heterocycles. The van der Waals surface area contributed by atoms with Crippen LogP contribution < -0.4 is 0 Å². The fourth-order valence-corrected chi connectivity index (χ4v) is 0.911. The smallest absolute Gasteiger partial charge is 0.152 e. The van der Waals surface area contributed by atoms with E-state index in [1.54, 1.807) is 18.9 Å². The first-order chi connectivity index (χ1) is 6.16. The van der Waals surface area contributed by atoms with Gasteiger partial charge in [-0.1, -0.05) is 20.8 Å². The van der Waals surface area contributed by atoms with E-state index in [0.29, 0.717) is 6.54 Å². The predicted octanol–water partition coefficient (Wildman–Crippen LogP) is 1.51. The van der Waals surface area contributed by atoms with Gasteiger partial charge in [-0.05, 0) is 20.9 Å². The summed E-state index contributed by atoms with van der Waals surface area (Å²) in [6, 6.07) is -0.179. The maximum absolute atomic E-state index is 11.6. The van der Waals surface area contributed by atoms with E-state index in [1.165, 1.54) is 0 Å². The second-order valence-corrected chi connectivity index (χ2v) is 4.87. The molecule has 0 aliphatic rings. The number of rotatable bonds is 4. The molecule has 0 amide bonds. The van der Waals surface area contributed by atoms with Crippen LogP contribution in [-0.2, 0) is 9.59 Å². The molecule has 0 aromatic carbocycles. The monoisotopic (exact) mass is 199 g/mol. The van der Waals surface area contributed by atoms with E-state index in [0.717, 1.165) is 0 Å². The van der Waals surface area contributed by atoms with Gasteiger partial charge in [0.1, 0.15) is 5.78 Å². The molecule has 0 rings (SSSR count). The average molecular weight is 199 g/mol. The number of carbonyl (C=O) groups excluding carboxylic acids is 2. The Labute approximate surface area is 86.5 Å². The zero-order valence-electron chi connectivity index (χ0n) is 10.0. The molecule has 0 N–H and O–H groups in total. The van der Waals surface area contributed by atoms with Crippen LogP contribution in [0.5, 0.6) is 0 Å². The lowest BCUT2D eigenvalue weighted by molar-refractivity contribution is -0.129. The van der Waals surface area contributed by atoms with Crippen LogP contribution in [0.3, 0.4) is 0 Å². The van der Waals surface area contributed by atoms with Crippen LogP contribution in [0.4, 0.5) is 0 Å². The van der Waals surface area contributed by atoms with Gasteiger partial charge in [0.2, 0.25) is 0 Å². The number of hydrogen-bond donors (Lipinski definition) is 0. The topological polar surface area (TPSA) is 37.4 Å². The molecule has 0 fully saturated rings. The van der Waals surface area contributed by atoms with Gasteiger partial charge < -0.3 is 0 Å². The molecule has 3 nitrogen and oxygen atoms in total. The summed E-state index contributed by atoms with van der Waals surface area (Å²) < 4.78 is 0. The fraction of sp³-hybridized carbons (Fsp3) is 0.818. The number of ketones is 2. The van der Waals surface area contributed by atoms with Crippen LogP contribution >= 0.6 is 0 Å². The van der Waals surface area contributed by atoms with Gasteiger partial charge in [-0.2, -0.15) is 0 Å². The van der Waals surface area contributed by atoms with Gasteiger partial charge in [0.15, 0.2) is 5.78 Å². The van der Waals surface area contributed by atoms with Crippen LogP contribution in [-0.4, -0.2) is 36.1 Å². The summed E-state index contributed by atoms with van der Waals surface area (Å²) in [5.74, 6) is 0.252. The first-order valence-corrected chi connectivity index (χ1v) is 4.90. The Morgan fingerprint density at radius 2 is 1.71 bits per heavy atom. The van der Waals surface area contributed by atoms with E-state index < -0.39 is 0 Å². The highest BCUT2D eigenvalue weighted by molar-refractivity contribution is 5.87.